The minimum absolute atomic E-state index is 0.195. The van der Waals surface area contributed by atoms with Crippen molar-refractivity contribution in [2.24, 2.45) is 0 Å². The first-order valence-electron chi connectivity index (χ1n) is 7.51. The molecule has 1 N–H and O–H groups in total. The van der Waals surface area contributed by atoms with Crippen LogP contribution in [0, 0.1) is 0 Å². The number of imide groups is 1. The summed E-state index contributed by atoms with van der Waals surface area (Å²) in [6.45, 7) is 2.18. The number of hydrogen-bond acceptors (Lipinski definition) is 2. The number of halogens is 1. The normalized spacial score (nSPS) is 20.7. The Hall–Kier alpha value is -2.14. The molecule has 1 saturated heterocycles. The summed E-state index contributed by atoms with van der Waals surface area (Å²) >= 11 is 3.38. The third-order valence-corrected chi connectivity index (χ3v) is 4.76. The van der Waals surface area contributed by atoms with Gasteiger partial charge < -0.3 is 5.32 Å². The van der Waals surface area contributed by atoms with E-state index in [0.717, 1.165) is 15.6 Å². The van der Waals surface area contributed by atoms with Crippen molar-refractivity contribution in [2.75, 3.05) is 0 Å². The van der Waals surface area contributed by atoms with Gasteiger partial charge in [-0.05, 0) is 29.7 Å². The van der Waals surface area contributed by atoms with E-state index < -0.39 is 5.54 Å². The summed E-state index contributed by atoms with van der Waals surface area (Å²) in [4.78, 5) is 26.7. The van der Waals surface area contributed by atoms with E-state index in [1.807, 2.05) is 61.5 Å². The van der Waals surface area contributed by atoms with Crippen molar-refractivity contribution in [1.82, 2.24) is 10.2 Å². The molecule has 118 valence electrons. The van der Waals surface area contributed by atoms with Crippen LogP contribution in [-0.4, -0.2) is 16.8 Å². The summed E-state index contributed by atoms with van der Waals surface area (Å²) in [5, 5.41) is 2.89. The van der Waals surface area contributed by atoms with Crippen LogP contribution >= 0.6 is 15.9 Å². The molecular weight excluding hydrogens is 356 g/mol. The van der Waals surface area contributed by atoms with E-state index in [2.05, 4.69) is 21.2 Å². The van der Waals surface area contributed by atoms with Gasteiger partial charge in [0, 0.05) is 4.47 Å². The number of rotatable bonds is 4. The molecule has 2 aromatic rings. The molecule has 23 heavy (non-hydrogen) atoms. The smallest absolute Gasteiger partial charge is 0.319 e. The molecule has 1 atom stereocenters. The van der Waals surface area contributed by atoms with Crippen LogP contribution in [0.1, 0.15) is 24.5 Å². The first kappa shape index (κ1) is 15.7. The predicted molar refractivity (Wildman–Crippen MR) is 91.6 cm³/mol. The number of nitrogens with one attached hydrogen (secondary N) is 1. The van der Waals surface area contributed by atoms with Gasteiger partial charge in [-0.1, -0.05) is 65.3 Å². The molecule has 1 unspecified atom stereocenters. The monoisotopic (exact) mass is 372 g/mol. The Morgan fingerprint density at radius 2 is 1.70 bits per heavy atom. The topological polar surface area (TPSA) is 49.4 Å². The third-order valence-electron chi connectivity index (χ3n) is 4.23. The Morgan fingerprint density at radius 3 is 2.30 bits per heavy atom. The number of hydrogen-bond donors (Lipinski definition) is 1. The Morgan fingerprint density at radius 1 is 1.04 bits per heavy atom. The summed E-state index contributed by atoms with van der Waals surface area (Å²) in [7, 11) is 0. The fraction of sp³-hybridized carbons (Fsp3) is 0.222. The summed E-state index contributed by atoms with van der Waals surface area (Å²) in [6.07, 6.45) is 0.512. The Balaban J connectivity index is 1.91. The maximum absolute atomic E-state index is 13.0. The fourth-order valence-corrected chi connectivity index (χ4v) is 3.17. The summed E-state index contributed by atoms with van der Waals surface area (Å²) in [5.41, 5.74) is 0.768. The number of benzene rings is 2. The fourth-order valence-electron chi connectivity index (χ4n) is 2.90. The standard InChI is InChI=1S/C18H17BrN2O2/c1-2-18(14-6-4-3-5-7-14)16(22)21(17(23)20-18)12-13-8-10-15(19)11-9-13/h3-11H,2,12H2,1H3,(H,20,23). The summed E-state index contributed by atoms with van der Waals surface area (Å²) in [6, 6.07) is 16.7. The van der Waals surface area contributed by atoms with E-state index in [4.69, 9.17) is 0 Å². The zero-order valence-electron chi connectivity index (χ0n) is 12.8. The number of nitrogens with zero attached hydrogens (tertiary/aromatic N) is 1. The Bertz CT molecular complexity index is 730. The zero-order valence-corrected chi connectivity index (χ0v) is 14.3. The highest BCUT2D eigenvalue weighted by atomic mass is 79.9. The van der Waals surface area contributed by atoms with Crippen LogP contribution in [0.25, 0.3) is 0 Å². The van der Waals surface area contributed by atoms with E-state index in [1.54, 1.807) is 0 Å². The molecule has 0 saturated carbocycles. The molecule has 4 nitrogen and oxygen atoms in total. The van der Waals surface area contributed by atoms with Gasteiger partial charge in [0.05, 0.1) is 6.54 Å². The van der Waals surface area contributed by atoms with Crippen LogP contribution in [-0.2, 0) is 16.9 Å². The molecule has 0 aliphatic carbocycles. The molecule has 1 aliphatic heterocycles. The van der Waals surface area contributed by atoms with Crippen molar-refractivity contribution < 1.29 is 9.59 Å². The lowest BCUT2D eigenvalue weighted by atomic mass is 9.87. The van der Waals surface area contributed by atoms with Crippen molar-refractivity contribution in [3.63, 3.8) is 0 Å². The maximum atomic E-state index is 13.0. The van der Waals surface area contributed by atoms with Crippen LogP contribution in [0.2, 0.25) is 0 Å². The van der Waals surface area contributed by atoms with E-state index in [-0.39, 0.29) is 18.5 Å². The van der Waals surface area contributed by atoms with Crippen molar-refractivity contribution >= 4 is 27.9 Å². The van der Waals surface area contributed by atoms with Gasteiger partial charge in [-0.25, -0.2) is 4.79 Å². The second-order valence-corrected chi connectivity index (χ2v) is 6.49. The number of urea groups is 1. The van der Waals surface area contributed by atoms with Gasteiger partial charge >= 0.3 is 6.03 Å². The van der Waals surface area contributed by atoms with E-state index in [9.17, 15) is 9.59 Å². The molecule has 1 aliphatic rings. The first-order chi connectivity index (χ1) is 11.1. The second-order valence-electron chi connectivity index (χ2n) is 5.57. The SMILES string of the molecule is CCC1(c2ccccc2)NC(=O)N(Cc2ccc(Br)cc2)C1=O. The van der Waals surface area contributed by atoms with E-state index in [1.165, 1.54) is 4.90 Å². The average molecular weight is 373 g/mol. The van der Waals surface area contributed by atoms with Gasteiger partial charge in [-0.3, -0.25) is 9.69 Å². The molecular formula is C18H17BrN2O2. The molecule has 5 heteroatoms. The molecule has 0 bridgehead atoms. The molecule has 0 radical (unpaired) electrons. The number of carbonyl (C=O) groups excluding carboxylic acids is 2. The average Bonchev–Trinajstić information content (AvgIpc) is 2.83. The van der Waals surface area contributed by atoms with Crippen molar-refractivity contribution in [3.8, 4) is 0 Å². The quantitative estimate of drug-likeness (QED) is 0.829. The molecule has 0 aromatic heterocycles. The van der Waals surface area contributed by atoms with Crippen molar-refractivity contribution in [1.29, 1.82) is 0 Å². The van der Waals surface area contributed by atoms with E-state index in [0.29, 0.717) is 6.42 Å². The van der Waals surface area contributed by atoms with Crippen LogP contribution in [0.4, 0.5) is 4.79 Å². The molecule has 2 aromatic carbocycles. The molecule has 3 amide bonds. The highest BCUT2D eigenvalue weighted by Crippen LogP contribution is 2.33. The highest BCUT2D eigenvalue weighted by Gasteiger charge is 2.50. The zero-order chi connectivity index (χ0) is 16.4. The molecule has 1 fully saturated rings. The number of carbonyl (C=O) groups is 2. The van der Waals surface area contributed by atoms with Crippen LogP contribution in [0.3, 0.4) is 0 Å². The largest absolute Gasteiger partial charge is 0.325 e. The summed E-state index contributed by atoms with van der Waals surface area (Å²) < 4.78 is 0.964. The van der Waals surface area contributed by atoms with Crippen LogP contribution < -0.4 is 5.32 Å². The minimum atomic E-state index is -0.965. The van der Waals surface area contributed by atoms with E-state index >= 15 is 0 Å². The van der Waals surface area contributed by atoms with Gasteiger partial charge in [0.25, 0.3) is 5.91 Å². The van der Waals surface area contributed by atoms with Crippen LogP contribution in [0.5, 0.6) is 0 Å². The Kier molecular flexibility index (Phi) is 4.22. The van der Waals surface area contributed by atoms with Gasteiger partial charge in [0.2, 0.25) is 0 Å². The second kappa shape index (κ2) is 6.16. The molecule has 1 heterocycles. The molecule has 3 rings (SSSR count). The van der Waals surface area contributed by atoms with Gasteiger partial charge in [0.1, 0.15) is 5.54 Å². The van der Waals surface area contributed by atoms with Crippen LogP contribution in [0.15, 0.2) is 59.1 Å². The minimum Gasteiger partial charge on any atom is -0.319 e. The lowest BCUT2D eigenvalue weighted by Crippen LogP contribution is -2.43. The van der Waals surface area contributed by atoms with Gasteiger partial charge in [0.15, 0.2) is 0 Å². The predicted octanol–water partition coefficient (Wildman–Crippen LogP) is 3.81. The molecule has 0 spiro atoms. The van der Waals surface area contributed by atoms with Crippen molar-refractivity contribution in [2.45, 2.75) is 25.4 Å². The number of amides is 3. The Labute approximate surface area is 143 Å². The summed E-state index contributed by atoms with van der Waals surface area (Å²) in [5.74, 6) is -0.195. The third kappa shape index (κ3) is 2.77. The lowest BCUT2D eigenvalue weighted by molar-refractivity contribution is -0.132. The lowest BCUT2D eigenvalue weighted by Gasteiger charge is -2.25. The first-order valence-corrected chi connectivity index (χ1v) is 8.30. The van der Waals surface area contributed by atoms with Crippen molar-refractivity contribution in [3.05, 3.63) is 70.2 Å². The highest BCUT2D eigenvalue weighted by molar-refractivity contribution is 9.10. The van der Waals surface area contributed by atoms with Gasteiger partial charge in [-0.15, -0.1) is 0 Å². The maximum Gasteiger partial charge on any atom is 0.325 e. The van der Waals surface area contributed by atoms with Gasteiger partial charge in [-0.2, -0.15) is 0 Å².